The molecule has 0 aromatic heterocycles. The molecular weight excluding hydrogens is 292 g/mol. The van der Waals surface area contributed by atoms with Crippen molar-refractivity contribution in [2.45, 2.75) is 70.8 Å². The fourth-order valence-corrected chi connectivity index (χ4v) is 3.62. The fraction of sp³-hybridized carbons (Fsp3) is 0.478. The minimum absolute atomic E-state index is 0.0600. The summed E-state index contributed by atoms with van der Waals surface area (Å²) in [5.41, 5.74) is 5.25. The van der Waals surface area contributed by atoms with Gasteiger partial charge in [-0.3, -0.25) is 0 Å². The summed E-state index contributed by atoms with van der Waals surface area (Å²) in [5.74, 6) is 0. The highest BCUT2D eigenvalue weighted by atomic mass is 16.3. The van der Waals surface area contributed by atoms with Crippen molar-refractivity contribution in [3.63, 3.8) is 0 Å². The lowest BCUT2D eigenvalue weighted by atomic mass is 9.76. The van der Waals surface area contributed by atoms with Crippen LogP contribution in [-0.4, -0.2) is 5.11 Å². The van der Waals surface area contributed by atoms with Gasteiger partial charge in [0.15, 0.2) is 0 Å². The molecule has 0 heterocycles. The molecule has 2 aromatic carbocycles. The third-order valence-electron chi connectivity index (χ3n) is 5.36. The van der Waals surface area contributed by atoms with Crippen LogP contribution < -0.4 is 0 Å². The summed E-state index contributed by atoms with van der Waals surface area (Å²) in [6, 6.07) is 15.1. The molecule has 24 heavy (non-hydrogen) atoms. The van der Waals surface area contributed by atoms with Gasteiger partial charge >= 0.3 is 0 Å². The number of hydrogen-bond donors (Lipinski definition) is 1. The lowest BCUT2D eigenvalue weighted by molar-refractivity contribution is 0.0826. The Morgan fingerprint density at radius 1 is 0.833 bits per heavy atom. The third-order valence-corrected chi connectivity index (χ3v) is 5.36. The van der Waals surface area contributed by atoms with Crippen LogP contribution in [0.5, 0.6) is 0 Å². The summed E-state index contributed by atoms with van der Waals surface area (Å²) in [7, 11) is 0. The van der Waals surface area contributed by atoms with Gasteiger partial charge in [0.1, 0.15) is 5.60 Å². The van der Waals surface area contributed by atoms with Crippen LogP contribution in [0.2, 0.25) is 0 Å². The summed E-state index contributed by atoms with van der Waals surface area (Å²) >= 11 is 0. The van der Waals surface area contributed by atoms with E-state index in [0.717, 1.165) is 24.0 Å². The molecule has 0 bridgehead atoms. The normalized spacial score (nSPS) is 21.0. The van der Waals surface area contributed by atoms with E-state index in [-0.39, 0.29) is 10.8 Å². The summed E-state index contributed by atoms with van der Waals surface area (Å²) in [5, 5.41) is 11.6. The number of aryl methyl sites for hydroxylation is 1. The Balaban J connectivity index is 2.22. The largest absolute Gasteiger partial charge is 0.380 e. The second kappa shape index (κ2) is 5.46. The van der Waals surface area contributed by atoms with Crippen LogP contribution in [0.4, 0.5) is 0 Å². The van der Waals surface area contributed by atoms with Crippen molar-refractivity contribution >= 4 is 0 Å². The zero-order valence-electron chi connectivity index (χ0n) is 15.9. The van der Waals surface area contributed by atoms with E-state index < -0.39 is 5.60 Å². The van der Waals surface area contributed by atoms with Crippen molar-refractivity contribution in [2.75, 3.05) is 0 Å². The van der Waals surface area contributed by atoms with Crippen LogP contribution >= 0.6 is 0 Å². The summed E-state index contributed by atoms with van der Waals surface area (Å²) in [6.07, 6.45) is 1.71. The first-order chi connectivity index (χ1) is 11.0. The molecule has 1 unspecified atom stereocenters. The Labute approximate surface area is 146 Å². The number of hydrogen-bond acceptors (Lipinski definition) is 1. The maximum atomic E-state index is 11.6. The Morgan fingerprint density at radius 3 is 1.92 bits per heavy atom. The molecule has 0 amide bonds. The topological polar surface area (TPSA) is 20.2 Å². The van der Waals surface area contributed by atoms with Crippen molar-refractivity contribution in [1.29, 1.82) is 0 Å². The molecule has 1 nitrogen and oxygen atoms in total. The number of benzene rings is 2. The van der Waals surface area contributed by atoms with Gasteiger partial charge in [0.25, 0.3) is 0 Å². The highest BCUT2D eigenvalue weighted by molar-refractivity contribution is 5.48. The van der Waals surface area contributed by atoms with Crippen LogP contribution in [0.25, 0.3) is 0 Å². The Morgan fingerprint density at radius 2 is 1.38 bits per heavy atom. The van der Waals surface area contributed by atoms with Crippen LogP contribution in [0, 0.1) is 0 Å². The van der Waals surface area contributed by atoms with E-state index in [4.69, 9.17) is 0 Å². The first-order valence-corrected chi connectivity index (χ1v) is 8.99. The predicted octanol–water partition coefficient (Wildman–Crippen LogP) is 5.46. The Bertz CT molecular complexity index is 726. The molecular formula is C23H30O. The number of fused-ring (bicyclic) bond motifs is 1. The van der Waals surface area contributed by atoms with Gasteiger partial charge in [-0.2, -0.15) is 0 Å². The molecule has 0 spiro atoms. The molecule has 1 N–H and O–H groups in total. The second-order valence-corrected chi connectivity index (χ2v) is 9.32. The predicted molar refractivity (Wildman–Crippen MR) is 102 cm³/mol. The summed E-state index contributed by atoms with van der Waals surface area (Å²) in [6.45, 7) is 13.4. The molecule has 1 aliphatic rings. The van der Waals surface area contributed by atoms with Crippen molar-refractivity contribution in [1.82, 2.24) is 0 Å². The molecule has 2 aromatic rings. The highest BCUT2D eigenvalue weighted by Gasteiger charge is 2.39. The highest BCUT2D eigenvalue weighted by Crippen LogP contribution is 2.44. The maximum absolute atomic E-state index is 11.6. The molecule has 1 aliphatic carbocycles. The fourth-order valence-electron chi connectivity index (χ4n) is 3.62. The molecule has 128 valence electrons. The Hall–Kier alpha value is -1.60. The van der Waals surface area contributed by atoms with Gasteiger partial charge in [0.05, 0.1) is 0 Å². The van der Waals surface area contributed by atoms with Crippen molar-refractivity contribution in [2.24, 2.45) is 0 Å². The monoisotopic (exact) mass is 322 g/mol. The SMILES string of the molecule is CC(C)(C)c1cc(C(C)(C)C)cc(C2(O)CCc3ccccc32)c1. The average molecular weight is 322 g/mol. The van der Waals surface area contributed by atoms with E-state index in [1.165, 1.54) is 16.7 Å². The zero-order chi connectivity index (χ0) is 17.8. The molecule has 0 radical (unpaired) electrons. The van der Waals surface area contributed by atoms with Crippen molar-refractivity contribution < 1.29 is 5.11 Å². The summed E-state index contributed by atoms with van der Waals surface area (Å²) < 4.78 is 0. The van der Waals surface area contributed by atoms with Crippen LogP contribution in [-0.2, 0) is 22.9 Å². The minimum Gasteiger partial charge on any atom is -0.380 e. The molecule has 0 aliphatic heterocycles. The van der Waals surface area contributed by atoms with E-state index in [2.05, 4.69) is 77.9 Å². The molecule has 3 rings (SSSR count). The smallest absolute Gasteiger partial charge is 0.115 e. The Kier molecular flexibility index (Phi) is 3.92. The van der Waals surface area contributed by atoms with Gasteiger partial charge in [0.2, 0.25) is 0 Å². The number of rotatable bonds is 1. The van der Waals surface area contributed by atoms with Crippen molar-refractivity contribution in [3.8, 4) is 0 Å². The van der Waals surface area contributed by atoms with Gasteiger partial charge in [-0.05, 0) is 51.5 Å². The summed E-state index contributed by atoms with van der Waals surface area (Å²) in [4.78, 5) is 0. The first kappa shape index (κ1) is 17.2. The molecule has 1 atom stereocenters. The zero-order valence-corrected chi connectivity index (χ0v) is 15.9. The van der Waals surface area contributed by atoms with Gasteiger partial charge in [-0.1, -0.05) is 84.0 Å². The van der Waals surface area contributed by atoms with Crippen molar-refractivity contribution in [3.05, 3.63) is 70.3 Å². The van der Waals surface area contributed by atoms with E-state index in [1.807, 2.05) is 6.07 Å². The molecule has 0 saturated carbocycles. The van der Waals surface area contributed by atoms with E-state index in [9.17, 15) is 5.11 Å². The van der Waals surface area contributed by atoms with Gasteiger partial charge in [0, 0.05) is 0 Å². The van der Waals surface area contributed by atoms with E-state index >= 15 is 0 Å². The van der Waals surface area contributed by atoms with Gasteiger partial charge < -0.3 is 5.11 Å². The van der Waals surface area contributed by atoms with E-state index in [0.29, 0.717) is 0 Å². The van der Waals surface area contributed by atoms with Crippen LogP contribution in [0.15, 0.2) is 42.5 Å². The minimum atomic E-state index is -0.863. The quantitative estimate of drug-likeness (QED) is 0.739. The third kappa shape index (κ3) is 2.91. The van der Waals surface area contributed by atoms with Crippen LogP contribution in [0.3, 0.4) is 0 Å². The van der Waals surface area contributed by atoms with Gasteiger partial charge in [-0.15, -0.1) is 0 Å². The maximum Gasteiger partial charge on any atom is 0.115 e. The first-order valence-electron chi connectivity index (χ1n) is 8.99. The lowest BCUT2D eigenvalue weighted by Crippen LogP contribution is -2.26. The standard InChI is InChI=1S/C23H30O/c1-21(2,3)17-13-18(22(4,5)6)15-19(14-17)23(24)12-11-16-9-7-8-10-20(16)23/h7-10,13-15,24H,11-12H2,1-6H3. The molecule has 1 heteroatoms. The molecule has 0 fully saturated rings. The van der Waals surface area contributed by atoms with Crippen LogP contribution in [0.1, 0.15) is 75.8 Å². The lowest BCUT2D eigenvalue weighted by Gasteiger charge is -2.31. The number of aliphatic hydroxyl groups is 1. The van der Waals surface area contributed by atoms with E-state index in [1.54, 1.807) is 0 Å². The molecule has 0 saturated heterocycles. The second-order valence-electron chi connectivity index (χ2n) is 9.32. The van der Waals surface area contributed by atoms with Gasteiger partial charge in [-0.25, -0.2) is 0 Å². The average Bonchev–Trinajstić information content (AvgIpc) is 2.84.